The topological polar surface area (TPSA) is 0 Å². The summed E-state index contributed by atoms with van der Waals surface area (Å²) in [5.74, 6) is 0. The van der Waals surface area contributed by atoms with Crippen LogP contribution >= 0.6 is 0 Å². The van der Waals surface area contributed by atoms with Crippen molar-refractivity contribution in [3.05, 3.63) is 24.3 Å². The summed E-state index contributed by atoms with van der Waals surface area (Å²) in [5, 5.41) is 0. The Balaban J connectivity index is 2.40. The van der Waals surface area contributed by atoms with Crippen molar-refractivity contribution >= 4 is 0 Å². The first-order chi connectivity index (χ1) is 5.27. The molecule has 0 radical (unpaired) electrons. The van der Waals surface area contributed by atoms with Crippen LogP contribution in [0.3, 0.4) is 0 Å². The Morgan fingerprint density at radius 1 is 1.45 bits per heavy atom. The normalized spacial score (nSPS) is 29.3. The second-order valence-electron chi connectivity index (χ2n) is 3.13. The zero-order chi connectivity index (χ0) is 8.16. The molecule has 1 unspecified atom stereocenters. The average Bonchev–Trinajstić information content (AvgIpc) is 2.03. The van der Waals surface area contributed by atoms with E-state index in [2.05, 4.69) is 6.92 Å². The van der Waals surface area contributed by atoms with Gasteiger partial charge in [-0.2, -0.15) is 0 Å². The molecule has 0 N–H and O–H groups in total. The summed E-state index contributed by atoms with van der Waals surface area (Å²) < 4.78 is 13.6. The Labute approximate surface area is 67.8 Å². The van der Waals surface area contributed by atoms with Crippen LogP contribution in [-0.4, -0.2) is 5.67 Å². The molecule has 0 bridgehead atoms. The molecule has 0 nitrogen and oxygen atoms in total. The van der Waals surface area contributed by atoms with Crippen molar-refractivity contribution in [2.75, 3.05) is 0 Å². The number of unbranched alkanes of at least 4 members (excludes halogenated alkanes) is 1. The lowest BCUT2D eigenvalue weighted by molar-refractivity contribution is 0.210. The Hall–Kier alpha value is -0.590. The summed E-state index contributed by atoms with van der Waals surface area (Å²) in [6.45, 7) is 2.09. The number of allylic oxidation sites excluding steroid dienone is 4. The summed E-state index contributed by atoms with van der Waals surface area (Å²) in [6, 6.07) is 0. The van der Waals surface area contributed by atoms with E-state index in [4.69, 9.17) is 0 Å². The molecule has 0 saturated carbocycles. The van der Waals surface area contributed by atoms with Gasteiger partial charge in [-0.05, 0) is 12.5 Å². The summed E-state index contributed by atoms with van der Waals surface area (Å²) in [5.41, 5.74) is -1.04. The lowest BCUT2D eigenvalue weighted by atomic mass is 9.92. The molecule has 1 heteroatoms. The van der Waals surface area contributed by atoms with Crippen LogP contribution < -0.4 is 0 Å². The quantitative estimate of drug-likeness (QED) is 0.584. The van der Waals surface area contributed by atoms with E-state index in [1.54, 1.807) is 12.2 Å². The monoisotopic (exact) mass is 154 g/mol. The van der Waals surface area contributed by atoms with E-state index in [0.717, 1.165) is 12.8 Å². The minimum Gasteiger partial charge on any atom is -0.239 e. The first-order valence-corrected chi connectivity index (χ1v) is 4.30. The number of halogens is 1. The van der Waals surface area contributed by atoms with Crippen LogP contribution in [-0.2, 0) is 0 Å². The first kappa shape index (κ1) is 8.51. The predicted molar refractivity (Wildman–Crippen MR) is 46.3 cm³/mol. The Kier molecular flexibility index (Phi) is 2.86. The highest BCUT2D eigenvalue weighted by Gasteiger charge is 2.24. The largest absolute Gasteiger partial charge is 0.239 e. The van der Waals surface area contributed by atoms with Crippen LogP contribution in [0.25, 0.3) is 0 Å². The van der Waals surface area contributed by atoms with Gasteiger partial charge in [0, 0.05) is 6.42 Å². The van der Waals surface area contributed by atoms with Gasteiger partial charge in [-0.3, -0.25) is 0 Å². The van der Waals surface area contributed by atoms with Gasteiger partial charge in [0.2, 0.25) is 0 Å². The second-order valence-corrected chi connectivity index (χ2v) is 3.13. The summed E-state index contributed by atoms with van der Waals surface area (Å²) >= 11 is 0. The van der Waals surface area contributed by atoms with Gasteiger partial charge in [0.05, 0.1) is 0 Å². The van der Waals surface area contributed by atoms with Gasteiger partial charge in [0.15, 0.2) is 0 Å². The zero-order valence-corrected chi connectivity index (χ0v) is 7.02. The van der Waals surface area contributed by atoms with E-state index < -0.39 is 5.67 Å². The lowest BCUT2D eigenvalue weighted by Gasteiger charge is -2.21. The number of rotatable bonds is 3. The van der Waals surface area contributed by atoms with E-state index in [1.165, 1.54) is 0 Å². The van der Waals surface area contributed by atoms with Crippen molar-refractivity contribution in [1.82, 2.24) is 0 Å². The molecule has 1 atom stereocenters. The predicted octanol–water partition coefficient (Wildman–Crippen LogP) is 3.40. The van der Waals surface area contributed by atoms with Crippen molar-refractivity contribution in [2.45, 2.75) is 38.3 Å². The fourth-order valence-corrected chi connectivity index (χ4v) is 1.29. The molecule has 0 aromatic carbocycles. The molecule has 0 amide bonds. The van der Waals surface area contributed by atoms with Crippen molar-refractivity contribution in [2.24, 2.45) is 0 Å². The molecule has 11 heavy (non-hydrogen) atoms. The van der Waals surface area contributed by atoms with Crippen LogP contribution in [0, 0.1) is 0 Å². The zero-order valence-electron chi connectivity index (χ0n) is 7.02. The number of alkyl halides is 1. The molecular weight excluding hydrogens is 139 g/mol. The fraction of sp³-hybridized carbons (Fsp3) is 0.600. The van der Waals surface area contributed by atoms with E-state index in [-0.39, 0.29) is 0 Å². The van der Waals surface area contributed by atoms with Gasteiger partial charge >= 0.3 is 0 Å². The van der Waals surface area contributed by atoms with Gasteiger partial charge in [-0.25, -0.2) is 4.39 Å². The molecular formula is C10H15F. The summed E-state index contributed by atoms with van der Waals surface area (Å²) in [7, 11) is 0. The highest BCUT2D eigenvalue weighted by Crippen LogP contribution is 2.27. The van der Waals surface area contributed by atoms with Crippen LogP contribution in [0.4, 0.5) is 4.39 Å². The molecule has 0 fully saturated rings. The standard InChI is InChI=1S/C10H15F/c1-2-3-7-10(11)8-5-4-6-9-10/h4-6,8H,2-3,7,9H2,1H3. The van der Waals surface area contributed by atoms with Crippen molar-refractivity contribution in [1.29, 1.82) is 0 Å². The number of hydrogen-bond donors (Lipinski definition) is 0. The maximum Gasteiger partial charge on any atom is 0.132 e. The van der Waals surface area contributed by atoms with Crippen LogP contribution in [0.15, 0.2) is 24.3 Å². The van der Waals surface area contributed by atoms with Gasteiger partial charge < -0.3 is 0 Å². The Morgan fingerprint density at radius 2 is 2.27 bits per heavy atom. The third-order valence-corrected chi connectivity index (χ3v) is 2.05. The van der Waals surface area contributed by atoms with Crippen molar-refractivity contribution in [3.8, 4) is 0 Å². The maximum absolute atomic E-state index is 13.6. The van der Waals surface area contributed by atoms with Gasteiger partial charge in [-0.1, -0.05) is 38.0 Å². The smallest absolute Gasteiger partial charge is 0.132 e. The third-order valence-electron chi connectivity index (χ3n) is 2.05. The van der Waals surface area contributed by atoms with Crippen LogP contribution in [0.2, 0.25) is 0 Å². The molecule has 62 valence electrons. The third kappa shape index (κ3) is 2.49. The molecule has 1 aliphatic rings. The molecule has 0 aromatic heterocycles. The number of hydrogen-bond acceptors (Lipinski definition) is 0. The van der Waals surface area contributed by atoms with Crippen LogP contribution in [0.1, 0.15) is 32.6 Å². The molecule has 0 heterocycles. The molecule has 0 spiro atoms. The van der Waals surface area contributed by atoms with E-state index in [1.807, 2.05) is 12.2 Å². The van der Waals surface area contributed by atoms with E-state index >= 15 is 0 Å². The lowest BCUT2D eigenvalue weighted by Crippen LogP contribution is -2.19. The van der Waals surface area contributed by atoms with Crippen molar-refractivity contribution < 1.29 is 4.39 Å². The minimum absolute atomic E-state index is 0.559. The highest BCUT2D eigenvalue weighted by molar-refractivity contribution is 5.17. The van der Waals surface area contributed by atoms with Crippen LogP contribution in [0.5, 0.6) is 0 Å². The minimum atomic E-state index is -1.04. The highest BCUT2D eigenvalue weighted by atomic mass is 19.1. The average molecular weight is 154 g/mol. The maximum atomic E-state index is 13.6. The molecule has 1 aliphatic carbocycles. The SMILES string of the molecule is CCCCC1(F)C=CC=CC1. The fourth-order valence-electron chi connectivity index (χ4n) is 1.29. The van der Waals surface area contributed by atoms with Gasteiger partial charge in [0.25, 0.3) is 0 Å². The molecule has 0 aromatic rings. The molecule has 0 saturated heterocycles. The van der Waals surface area contributed by atoms with E-state index in [0.29, 0.717) is 12.8 Å². The van der Waals surface area contributed by atoms with Crippen molar-refractivity contribution in [3.63, 3.8) is 0 Å². The Morgan fingerprint density at radius 3 is 2.82 bits per heavy atom. The first-order valence-electron chi connectivity index (χ1n) is 4.30. The second kappa shape index (κ2) is 3.70. The Bertz CT molecular complexity index is 170. The van der Waals surface area contributed by atoms with Gasteiger partial charge in [-0.15, -0.1) is 0 Å². The molecule has 1 rings (SSSR count). The van der Waals surface area contributed by atoms with E-state index in [9.17, 15) is 4.39 Å². The van der Waals surface area contributed by atoms with Gasteiger partial charge in [0.1, 0.15) is 5.67 Å². The molecule has 0 aliphatic heterocycles. The summed E-state index contributed by atoms with van der Waals surface area (Å²) in [4.78, 5) is 0. The summed E-state index contributed by atoms with van der Waals surface area (Å²) in [6.07, 6.45) is 10.6.